The average molecular weight is 385 g/mol. The quantitative estimate of drug-likeness (QED) is 0.634. The van der Waals surface area contributed by atoms with Crippen LogP contribution in [0.4, 0.5) is 0 Å². The van der Waals surface area contributed by atoms with Gasteiger partial charge in [-0.2, -0.15) is 0 Å². The van der Waals surface area contributed by atoms with E-state index in [1.807, 2.05) is 20.8 Å². The fourth-order valence-corrected chi connectivity index (χ4v) is 2.47. The van der Waals surface area contributed by atoms with Gasteiger partial charge in [0.1, 0.15) is 6.04 Å². The number of rotatable bonds is 8. The maximum absolute atomic E-state index is 12.8. The summed E-state index contributed by atoms with van der Waals surface area (Å²) in [5, 5.41) is 20.5. The van der Waals surface area contributed by atoms with Crippen LogP contribution in [0, 0.1) is 0 Å². The second kappa shape index (κ2) is 9.54. The van der Waals surface area contributed by atoms with Gasteiger partial charge in [0.15, 0.2) is 0 Å². The first-order valence-corrected chi connectivity index (χ1v) is 8.64. The molecule has 26 heavy (non-hydrogen) atoms. The number of nitrogens with zero attached hydrogens (tertiary/aromatic N) is 1. The molecule has 0 heterocycles. The van der Waals surface area contributed by atoms with Crippen LogP contribution in [-0.4, -0.2) is 57.6 Å². The summed E-state index contributed by atoms with van der Waals surface area (Å²) >= 11 is 5.85. The zero-order valence-corrected chi connectivity index (χ0v) is 15.9. The van der Waals surface area contributed by atoms with Crippen molar-refractivity contribution in [3.05, 3.63) is 34.9 Å². The van der Waals surface area contributed by atoms with Gasteiger partial charge in [-0.15, -0.1) is 0 Å². The minimum Gasteiger partial charge on any atom is -0.480 e. The van der Waals surface area contributed by atoms with Crippen molar-refractivity contribution >= 4 is 29.4 Å². The molecule has 144 valence electrons. The molecule has 7 nitrogen and oxygen atoms in total. The summed E-state index contributed by atoms with van der Waals surface area (Å²) in [6.45, 7) is 5.34. The lowest BCUT2D eigenvalue weighted by Crippen LogP contribution is -2.47. The summed E-state index contributed by atoms with van der Waals surface area (Å²) in [7, 11) is 0. The van der Waals surface area contributed by atoms with Crippen molar-refractivity contribution in [3.63, 3.8) is 0 Å². The minimum atomic E-state index is -1.32. The van der Waals surface area contributed by atoms with Crippen LogP contribution >= 0.6 is 11.6 Å². The molecule has 8 heteroatoms. The molecule has 0 unspecified atom stereocenters. The summed E-state index contributed by atoms with van der Waals surface area (Å²) in [4.78, 5) is 37.1. The number of aliphatic carboxylic acids is 1. The number of hydrogen-bond acceptors (Lipinski definition) is 4. The topological polar surface area (TPSA) is 107 Å². The molecule has 1 rings (SSSR count). The smallest absolute Gasteiger partial charge is 0.328 e. The number of halogens is 1. The predicted octanol–water partition coefficient (Wildman–Crippen LogP) is 1.92. The fourth-order valence-electron chi connectivity index (χ4n) is 2.34. The first-order chi connectivity index (χ1) is 12.1. The molecule has 1 aromatic carbocycles. The first-order valence-electron chi connectivity index (χ1n) is 8.27. The van der Waals surface area contributed by atoms with Gasteiger partial charge in [0.2, 0.25) is 5.91 Å². The third-order valence-corrected chi connectivity index (χ3v) is 4.00. The monoisotopic (exact) mass is 384 g/mol. The van der Waals surface area contributed by atoms with Crippen LogP contribution < -0.4 is 5.32 Å². The molecule has 0 fully saturated rings. The third-order valence-electron chi connectivity index (χ3n) is 3.75. The van der Waals surface area contributed by atoms with Crippen LogP contribution in [0.15, 0.2) is 24.3 Å². The van der Waals surface area contributed by atoms with Crippen LogP contribution in [0.2, 0.25) is 5.02 Å². The number of hydrogen-bond donors (Lipinski definition) is 3. The fraction of sp³-hybridized carbons (Fsp3) is 0.500. The highest BCUT2D eigenvalue weighted by Crippen LogP contribution is 2.19. The van der Waals surface area contributed by atoms with Gasteiger partial charge in [0, 0.05) is 29.1 Å². The SMILES string of the molecule is CC(C)(C)N(CCCC(=O)N[C@@H](CO)C(=O)O)C(=O)c1ccc(Cl)cc1. The van der Waals surface area contributed by atoms with Gasteiger partial charge in [-0.3, -0.25) is 9.59 Å². The Morgan fingerprint density at radius 3 is 2.23 bits per heavy atom. The van der Waals surface area contributed by atoms with Crippen molar-refractivity contribution in [1.82, 2.24) is 10.2 Å². The number of carbonyl (C=O) groups excluding carboxylic acids is 2. The van der Waals surface area contributed by atoms with E-state index in [4.69, 9.17) is 21.8 Å². The summed E-state index contributed by atoms with van der Waals surface area (Å²) in [5.74, 6) is -1.96. The van der Waals surface area contributed by atoms with E-state index in [1.54, 1.807) is 29.2 Å². The van der Waals surface area contributed by atoms with E-state index >= 15 is 0 Å². The second-order valence-corrected chi connectivity index (χ2v) is 7.32. The molecule has 0 aliphatic heterocycles. The molecule has 0 radical (unpaired) electrons. The van der Waals surface area contributed by atoms with Crippen molar-refractivity contribution < 1.29 is 24.6 Å². The van der Waals surface area contributed by atoms with Crippen molar-refractivity contribution in [2.45, 2.75) is 45.2 Å². The Balaban J connectivity index is 2.69. The summed E-state index contributed by atoms with van der Waals surface area (Å²) in [5.41, 5.74) is 0.0435. The van der Waals surface area contributed by atoms with E-state index in [1.165, 1.54) is 0 Å². The molecule has 1 atom stereocenters. The molecule has 0 aliphatic rings. The van der Waals surface area contributed by atoms with E-state index in [-0.39, 0.29) is 12.3 Å². The van der Waals surface area contributed by atoms with Gasteiger partial charge < -0.3 is 20.4 Å². The number of nitrogens with one attached hydrogen (secondary N) is 1. The second-order valence-electron chi connectivity index (χ2n) is 6.88. The normalized spacial score (nSPS) is 12.3. The van der Waals surface area contributed by atoms with Crippen LogP contribution in [0.1, 0.15) is 44.0 Å². The predicted molar refractivity (Wildman–Crippen MR) is 98.1 cm³/mol. The largest absolute Gasteiger partial charge is 0.480 e. The molecule has 3 N–H and O–H groups in total. The Kier molecular flexibility index (Phi) is 8.05. The van der Waals surface area contributed by atoms with E-state index in [0.29, 0.717) is 23.6 Å². The molecule has 2 amide bonds. The minimum absolute atomic E-state index is 0.0459. The van der Waals surface area contributed by atoms with Gasteiger partial charge in [0.05, 0.1) is 6.61 Å². The molecule has 1 aromatic rings. The molecule has 0 saturated heterocycles. The first kappa shape index (κ1) is 21.9. The molecular formula is C18H25ClN2O5. The van der Waals surface area contributed by atoms with E-state index in [9.17, 15) is 14.4 Å². The lowest BCUT2D eigenvalue weighted by Gasteiger charge is -2.36. The Morgan fingerprint density at radius 2 is 1.77 bits per heavy atom. The Hall–Kier alpha value is -2.12. The third kappa shape index (κ3) is 6.65. The lowest BCUT2D eigenvalue weighted by molar-refractivity contribution is -0.142. The van der Waals surface area contributed by atoms with Crippen molar-refractivity contribution in [2.75, 3.05) is 13.2 Å². The number of carboxylic acid groups (broad SMARTS) is 1. The van der Waals surface area contributed by atoms with E-state index < -0.39 is 30.1 Å². The summed E-state index contributed by atoms with van der Waals surface area (Å²) in [6.07, 6.45) is 0.407. The van der Waals surface area contributed by atoms with Gasteiger partial charge in [-0.05, 0) is 51.5 Å². The zero-order valence-electron chi connectivity index (χ0n) is 15.2. The standard InChI is InChI=1S/C18H25ClN2O5/c1-18(2,3)21(16(24)12-6-8-13(19)9-7-12)10-4-5-15(23)20-14(11-22)17(25)26/h6-9,14,22H,4-5,10-11H2,1-3H3,(H,20,23)(H,25,26)/t14-/m0/s1. The van der Waals surface area contributed by atoms with Gasteiger partial charge in [-0.1, -0.05) is 11.6 Å². The molecule has 0 bridgehead atoms. The highest BCUT2D eigenvalue weighted by Gasteiger charge is 2.27. The van der Waals surface area contributed by atoms with Crippen LogP contribution in [-0.2, 0) is 9.59 Å². The summed E-state index contributed by atoms with van der Waals surface area (Å²) in [6, 6.07) is 5.26. The number of carbonyl (C=O) groups is 3. The van der Waals surface area contributed by atoms with E-state index in [0.717, 1.165) is 0 Å². The maximum Gasteiger partial charge on any atom is 0.328 e. The van der Waals surface area contributed by atoms with Crippen molar-refractivity contribution in [3.8, 4) is 0 Å². The van der Waals surface area contributed by atoms with Crippen LogP contribution in [0.3, 0.4) is 0 Å². The maximum atomic E-state index is 12.8. The van der Waals surface area contributed by atoms with Gasteiger partial charge in [-0.25, -0.2) is 4.79 Å². The highest BCUT2D eigenvalue weighted by molar-refractivity contribution is 6.30. The number of aliphatic hydroxyl groups is 1. The van der Waals surface area contributed by atoms with E-state index in [2.05, 4.69) is 5.32 Å². The highest BCUT2D eigenvalue weighted by atomic mass is 35.5. The summed E-state index contributed by atoms with van der Waals surface area (Å²) < 4.78 is 0. The molecule has 0 spiro atoms. The van der Waals surface area contributed by atoms with Crippen LogP contribution in [0.5, 0.6) is 0 Å². The van der Waals surface area contributed by atoms with Crippen LogP contribution in [0.25, 0.3) is 0 Å². The van der Waals surface area contributed by atoms with Gasteiger partial charge >= 0.3 is 5.97 Å². The lowest BCUT2D eigenvalue weighted by atomic mass is 10.0. The molecule has 0 aromatic heterocycles. The van der Waals surface area contributed by atoms with Crippen molar-refractivity contribution in [2.24, 2.45) is 0 Å². The molecular weight excluding hydrogens is 360 g/mol. The molecule has 0 saturated carbocycles. The number of aliphatic hydroxyl groups excluding tert-OH is 1. The van der Waals surface area contributed by atoms with Crippen molar-refractivity contribution in [1.29, 1.82) is 0 Å². The molecule has 0 aliphatic carbocycles. The Labute approximate surface area is 157 Å². The average Bonchev–Trinajstić information content (AvgIpc) is 2.55. The zero-order chi connectivity index (χ0) is 19.9. The number of benzene rings is 1. The number of carboxylic acids is 1. The van der Waals surface area contributed by atoms with Gasteiger partial charge in [0.25, 0.3) is 5.91 Å². The Bertz CT molecular complexity index is 640. The Morgan fingerprint density at radius 1 is 1.19 bits per heavy atom. The number of amides is 2.